The van der Waals surface area contributed by atoms with E-state index >= 15 is 0 Å². The van der Waals surface area contributed by atoms with Crippen molar-refractivity contribution in [1.29, 1.82) is 0 Å². The molecule has 0 radical (unpaired) electrons. The standard InChI is InChI=1S/C19H15F3N2O2/c1-12-18(26-10-14-5-6-16(21)8-17(14)22)23-11-24(19(12)25)9-13-3-2-4-15(20)7-13/h2-8,11H,9-10H2,1H3. The maximum absolute atomic E-state index is 13.6. The van der Waals surface area contributed by atoms with Gasteiger partial charge >= 0.3 is 0 Å². The zero-order valence-corrected chi connectivity index (χ0v) is 13.9. The molecule has 134 valence electrons. The van der Waals surface area contributed by atoms with Gasteiger partial charge in [-0.15, -0.1) is 0 Å². The molecule has 0 fully saturated rings. The summed E-state index contributed by atoms with van der Waals surface area (Å²) in [4.78, 5) is 16.5. The van der Waals surface area contributed by atoms with Crippen LogP contribution in [0, 0.1) is 24.4 Å². The van der Waals surface area contributed by atoms with Gasteiger partial charge in [-0.3, -0.25) is 9.36 Å². The smallest absolute Gasteiger partial charge is 0.260 e. The Kier molecular flexibility index (Phi) is 5.06. The number of halogens is 3. The molecular formula is C19H15F3N2O2. The van der Waals surface area contributed by atoms with Crippen molar-refractivity contribution >= 4 is 0 Å². The Labute approximate surface area is 147 Å². The third-order valence-electron chi connectivity index (χ3n) is 3.84. The van der Waals surface area contributed by atoms with Crippen LogP contribution in [-0.4, -0.2) is 9.55 Å². The van der Waals surface area contributed by atoms with Crippen molar-refractivity contribution in [2.75, 3.05) is 0 Å². The Balaban J connectivity index is 1.78. The molecule has 0 aliphatic rings. The van der Waals surface area contributed by atoms with Crippen LogP contribution in [0.2, 0.25) is 0 Å². The first-order valence-corrected chi connectivity index (χ1v) is 7.81. The highest BCUT2D eigenvalue weighted by molar-refractivity contribution is 5.24. The van der Waals surface area contributed by atoms with Crippen molar-refractivity contribution in [3.63, 3.8) is 0 Å². The second kappa shape index (κ2) is 7.43. The average Bonchev–Trinajstić information content (AvgIpc) is 2.60. The molecule has 0 unspecified atom stereocenters. The molecule has 0 saturated carbocycles. The molecule has 0 saturated heterocycles. The van der Waals surface area contributed by atoms with E-state index in [9.17, 15) is 18.0 Å². The molecule has 0 N–H and O–H groups in total. The Hall–Kier alpha value is -3.09. The SMILES string of the molecule is Cc1c(OCc2ccc(F)cc2F)ncn(Cc2cccc(F)c2)c1=O. The monoisotopic (exact) mass is 360 g/mol. The van der Waals surface area contributed by atoms with Gasteiger partial charge in [0.15, 0.2) is 0 Å². The van der Waals surface area contributed by atoms with Crippen LogP contribution in [0.15, 0.2) is 53.6 Å². The minimum Gasteiger partial charge on any atom is -0.472 e. The first kappa shape index (κ1) is 17.7. The van der Waals surface area contributed by atoms with Gasteiger partial charge in [-0.05, 0) is 36.8 Å². The number of hydrogen-bond donors (Lipinski definition) is 0. The van der Waals surface area contributed by atoms with E-state index in [1.165, 1.54) is 36.0 Å². The fourth-order valence-electron chi connectivity index (χ4n) is 2.45. The number of rotatable bonds is 5. The molecule has 1 aromatic heterocycles. The second-order valence-electron chi connectivity index (χ2n) is 5.76. The van der Waals surface area contributed by atoms with E-state index < -0.39 is 11.6 Å². The molecule has 0 atom stereocenters. The summed E-state index contributed by atoms with van der Waals surface area (Å²) >= 11 is 0. The number of aromatic nitrogens is 2. The van der Waals surface area contributed by atoms with Crippen molar-refractivity contribution in [2.45, 2.75) is 20.1 Å². The lowest BCUT2D eigenvalue weighted by Crippen LogP contribution is -2.24. The summed E-state index contributed by atoms with van der Waals surface area (Å²) in [7, 11) is 0. The highest BCUT2D eigenvalue weighted by Crippen LogP contribution is 2.15. The van der Waals surface area contributed by atoms with E-state index in [-0.39, 0.29) is 41.5 Å². The Morgan fingerprint density at radius 2 is 1.85 bits per heavy atom. The molecule has 26 heavy (non-hydrogen) atoms. The van der Waals surface area contributed by atoms with Crippen LogP contribution in [0.5, 0.6) is 5.88 Å². The molecule has 0 bridgehead atoms. The summed E-state index contributed by atoms with van der Waals surface area (Å²) in [5, 5.41) is 0. The van der Waals surface area contributed by atoms with Crippen molar-refractivity contribution in [2.24, 2.45) is 0 Å². The van der Waals surface area contributed by atoms with Crippen molar-refractivity contribution in [3.8, 4) is 5.88 Å². The lowest BCUT2D eigenvalue weighted by Gasteiger charge is -2.11. The topological polar surface area (TPSA) is 44.1 Å². The normalized spacial score (nSPS) is 10.8. The fraction of sp³-hybridized carbons (Fsp3) is 0.158. The minimum absolute atomic E-state index is 0.0641. The largest absolute Gasteiger partial charge is 0.472 e. The zero-order chi connectivity index (χ0) is 18.7. The quantitative estimate of drug-likeness (QED) is 0.698. The van der Waals surface area contributed by atoms with Crippen LogP contribution < -0.4 is 10.3 Å². The summed E-state index contributed by atoms with van der Waals surface area (Å²) in [6, 6.07) is 9.07. The average molecular weight is 360 g/mol. The summed E-state index contributed by atoms with van der Waals surface area (Å²) in [6.07, 6.45) is 1.29. The number of nitrogens with zero attached hydrogens (tertiary/aromatic N) is 2. The second-order valence-corrected chi connectivity index (χ2v) is 5.76. The van der Waals surface area contributed by atoms with Crippen molar-refractivity contribution in [1.82, 2.24) is 9.55 Å². The molecule has 2 aromatic carbocycles. The third kappa shape index (κ3) is 3.93. The predicted molar refractivity (Wildman–Crippen MR) is 89.4 cm³/mol. The molecule has 0 amide bonds. The molecule has 1 heterocycles. The van der Waals surface area contributed by atoms with Gasteiger partial charge in [-0.2, -0.15) is 0 Å². The lowest BCUT2D eigenvalue weighted by molar-refractivity contribution is 0.283. The van der Waals surface area contributed by atoms with Gasteiger partial charge < -0.3 is 4.74 Å². The van der Waals surface area contributed by atoms with Crippen LogP contribution in [0.1, 0.15) is 16.7 Å². The molecule has 4 nitrogen and oxygen atoms in total. The molecule has 3 rings (SSSR count). The van der Waals surface area contributed by atoms with Crippen LogP contribution in [0.4, 0.5) is 13.2 Å². The first-order chi connectivity index (χ1) is 12.4. The van der Waals surface area contributed by atoms with Crippen LogP contribution >= 0.6 is 0 Å². The highest BCUT2D eigenvalue weighted by atomic mass is 19.1. The first-order valence-electron chi connectivity index (χ1n) is 7.81. The van der Waals surface area contributed by atoms with E-state index in [0.29, 0.717) is 5.56 Å². The molecule has 7 heteroatoms. The van der Waals surface area contributed by atoms with Gasteiger partial charge in [-0.25, -0.2) is 18.2 Å². The van der Waals surface area contributed by atoms with E-state index in [1.54, 1.807) is 12.1 Å². The molecular weight excluding hydrogens is 345 g/mol. The Bertz CT molecular complexity index is 1000. The van der Waals surface area contributed by atoms with E-state index in [4.69, 9.17) is 4.74 Å². The van der Waals surface area contributed by atoms with E-state index in [2.05, 4.69) is 4.98 Å². The van der Waals surface area contributed by atoms with Crippen LogP contribution in [0.3, 0.4) is 0 Å². The van der Waals surface area contributed by atoms with Crippen molar-refractivity contribution in [3.05, 3.63) is 93.3 Å². The van der Waals surface area contributed by atoms with Gasteiger partial charge in [0.25, 0.3) is 5.56 Å². The van der Waals surface area contributed by atoms with Gasteiger partial charge in [0.05, 0.1) is 12.1 Å². The summed E-state index contributed by atoms with van der Waals surface area (Å²) in [6.45, 7) is 1.51. The molecule has 0 spiro atoms. The maximum Gasteiger partial charge on any atom is 0.260 e. The summed E-state index contributed by atoms with van der Waals surface area (Å²) < 4.78 is 46.5. The van der Waals surface area contributed by atoms with Crippen molar-refractivity contribution < 1.29 is 17.9 Å². The number of hydrogen-bond acceptors (Lipinski definition) is 3. The Morgan fingerprint density at radius 1 is 1.08 bits per heavy atom. The number of benzene rings is 2. The van der Waals surface area contributed by atoms with Gasteiger partial charge in [0, 0.05) is 11.6 Å². The number of ether oxygens (including phenoxy) is 1. The predicted octanol–water partition coefficient (Wildman–Crippen LogP) is 3.60. The van der Waals surface area contributed by atoms with Gasteiger partial charge in [0.1, 0.15) is 30.4 Å². The highest BCUT2D eigenvalue weighted by Gasteiger charge is 2.11. The zero-order valence-electron chi connectivity index (χ0n) is 13.9. The summed E-state index contributed by atoms with van der Waals surface area (Å²) in [5.74, 6) is -1.74. The molecule has 3 aromatic rings. The van der Waals surface area contributed by atoms with E-state index in [1.807, 2.05) is 0 Å². The van der Waals surface area contributed by atoms with Gasteiger partial charge in [-0.1, -0.05) is 12.1 Å². The fourth-order valence-corrected chi connectivity index (χ4v) is 2.45. The lowest BCUT2D eigenvalue weighted by atomic mass is 10.2. The Morgan fingerprint density at radius 3 is 2.58 bits per heavy atom. The minimum atomic E-state index is -0.734. The van der Waals surface area contributed by atoms with E-state index in [0.717, 1.165) is 12.1 Å². The van der Waals surface area contributed by atoms with Crippen LogP contribution in [-0.2, 0) is 13.2 Å². The molecule has 0 aliphatic carbocycles. The summed E-state index contributed by atoms with van der Waals surface area (Å²) in [5.41, 5.74) is 0.664. The third-order valence-corrected chi connectivity index (χ3v) is 3.84. The van der Waals surface area contributed by atoms with Gasteiger partial charge in [0.2, 0.25) is 5.88 Å². The maximum atomic E-state index is 13.6. The van der Waals surface area contributed by atoms with Crippen LogP contribution in [0.25, 0.3) is 0 Å². The molecule has 0 aliphatic heterocycles.